The second-order valence-electron chi connectivity index (χ2n) is 13.7. The molecule has 2 aliphatic carbocycles. The van der Waals surface area contributed by atoms with Crippen LogP contribution in [0.5, 0.6) is 11.5 Å². The van der Waals surface area contributed by atoms with Crippen LogP contribution >= 0.6 is 0 Å². The molecule has 1 saturated carbocycles. The number of pyridine rings is 1. The Kier molecular flexibility index (Phi) is 12.3. The molecule has 2 heterocycles. The third-order valence-electron chi connectivity index (χ3n) is 10.7. The van der Waals surface area contributed by atoms with E-state index < -0.39 is 18.3 Å². The van der Waals surface area contributed by atoms with Crippen LogP contribution in [-0.2, 0) is 11.8 Å². The monoisotopic (exact) mass is 643 g/mol. The number of nitrogens with zero attached hydrogens (tertiary/aromatic N) is 1. The first kappa shape index (κ1) is 34.8. The Bertz CT molecular complexity index is 1460. The summed E-state index contributed by atoms with van der Waals surface area (Å²) in [6.07, 6.45) is 12.8. The number of aryl methyl sites for hydroxylation is 1. The van der Waals surface area contributed by atoms with E-state index in [1.165, 1.54) is 5.69 Å². The summed E-state index contributed by atoms with van der Waals surface area (Å²) in [6, 6.07) is 13.4. The molecule has 0 radical (unpaired) electrons. The SMILES string of the molecule is CC[C@@H]1C#CC[C@H]([C@H](O)CCc2ccc(O)c(O[C@H](CO)C[C@H](c3ccnc(N)c3)C3(c4ccc[nH]4)CCCC3)c2)[C@@H](O)CCCC1. The fourth-order valence-electron chi connectivity index (χ4n) is 7.94. The van der Waals surface area contributed by atoms with Gasteiger partial charge in [-0.15, -0.1) is 5.92 Å². The summed E-state index contributed by atoms with van der Waals surface area (Å²) in [4.78, 5) is 7.70. The Morgan fingerprint density at radius 3 is 2.64 bits per heavy atom. The first-order valence-corrected chi connectivity index (χ1v) is 17.6. The fraction of sp³-hybridized carbons (Fsp3) is 0.564. The summed E-state index contributed by atoms with van der Waals surface area (Å²) >= 11 is 0. The van der Waals surface area contributed by atoms with Crippen molar-refractivity contribution in [2.45, 2.75) is 120 Å². The van der Waals surface area contributed by atoms with Gasteiger partial charge in [-0.2, -0.15) is 0 Å². The van der Waals surface area contributed by atoms with Crippen LogP contribution in [0.3, 0.4) is 0 Å². The Morgan fingerprint density at radius 1 is 1.11 bits per heavy atom. The van der Waals surface area contributed by atoms with Gasteiger partial charge in [0.25, 0.3) is 0 Å². The Hall–Kier alpha value is -3.51. The lowest BCUT2D eigenvalue weighted by molar-refractivity contribution is 0.00559. The maximum atomic E-state index is 11.2. The van der Waals surface area contributed by atoms with E-state index in [-0.39, 0.29) is 29.6 Å². The van der Waals surface area contributed by atoms with Crippen molar-refractivity contribution in [2.75, 3.05) is 12.3 Å². The van der Waals surface area contributed by atoms with Gasteiger partial charge in [0.05, 0.1) is 18.8 Å². The van der Waals surface area contributed by atoms with E-state index in [9.17, 15) is 20.4 Å². The molecule has 0 bridgehead atoms. The van der Waals surface area contributed by atoms with Gasteiger partial charge < -0.3 is 35.9 Å². The van der Waals surface area contributed by atoms with Gasteiger partial charge in [-0.25, -0.2) is 4.98 Å². The Morgan fingerprint density at radius 2 is 1.91 bits per heavy atom. The summed E-state index contributed by atoms with van der Waals surface area (Å²) in [5, 5.41) is 43.5. The van der Waals surface area contributed by atoms with Crippen molar-refractivity contribution in [2.24, 2.45) is 11.8 Å². The predicted molar refractivity (Wildman–Crippen MR) is 185 cm³/mol. The molecule has 254 valence electrons. The number of aromatic amines is 1. The summed E-state index contributed by atoms with van der Waals surface area (Å²) < 4.78 is 6.38. The molecule has 2 aliphatic rings. The summed E-state index contributed by atoms with van der Waals surface area (Å²) in [5.41, 5.74) is 9.11. The number of rotatable bonds is 13. The minimum absolute atomic E-state index is 0.000842. The zero-order valence-corrected chi connectivity index (χ0v) is 27.8. The number of nitrogens with two attached hydrogens (primary N) is 1. The Labute approximate surface area is 279 Å². The van der Waals surface area contributed by atoms with E-state index >= 15 is 0 Å². The second-order valence-corrected chi connectivity index (χ2v) is 13.7. The minimum Gasteiger partial charge on any atom is -0.504 e. The number of H-pyrrole nitrogens is 1. The highest BCUT2D eigenvalue weighted by molar-refractivity contribution is 5.42. The standard InChI is InChI=1S/C39H53N3O5/c1-2-27-9-3-4-12-33(44)31(11-7-10-27)34(45)16-14-28-15-17-35(46)36(23-28)47-30(26-43)25-32(29-18-22-42-38(40)24-29)39(19-5-6-20-39)37-13-8-21-41-37/h8,13,15,17-18,21-24,27,30-34,41,43-46H,2-6,9,11-12,14,16,19-20,25-26H2,1H3,(H2,40,42)/t27-,30-,31-,32+,33-,34+/m0/s1. The van der Waals surface area contributed by atoms with Crippen LogP contribution in [0.4, 0.5) is 5.82 Å². The lowest BCUT2D eigenvalue weighted by Crippen LogP contribution is -2.36. The van der Waals surface area contributed by atoms with E-state index in [1.54, 1.807) is 18.3 Å². The number of anilines is 1. The van der Waals surface area contributed by atoms with Gasteiger partial charge in [-0.05, 0) is 105 Å². The third kappa shape index (κ3) is 8.70. The molecule has 8 nitrogen and oxygen atoms in total. The van der Waals surface area contributed by atoms with Crippen molar-refractivity contribution in [3.8, 4) is 23.3 Å². The molecule has 2 aromatic heterocycles. The second kappa shape index (κ2) is 16.5. The molecule has 0 spiro atoms. The molecule has 0 aliphatic heterocycles. The summed E-state index contributed by atoms with van der Waals surface area (Å²) in [7, 11) is 0. The van der Waals surface area contributed by atoms with Gasteiger partial charge >= 0.3 is 0 Å². The molecule has 7 N–H and O–H groups in total. The smallest absolute Gasteiger partial charge is 0.161 e. The number of nitrogens with one attached hydrogen (secondary N) is 1. The van der Waals surface area contributed by atoms with Gasteiger partial charge in [0.1, 0.15) is 11.9 Å². The number of aromatic hydroxyl groups is 1. The van der Waals surface area contributed by atoms with Gasteiger partial charge in [0, 0.05) is 41.8 Å². The van der Waals surface area contributed by atoms with Crippen molar-refractivity contribution in [3.63, 3.8) is 0 Å². The first-order chi connectivity index (χ1) is 22.8. The van der Waals surface area contributed by atoms with E-state index in [4.69, 9.17) is 10.5 Å². The number of nitrogen functional groups attached to an aromatic ring is 1. The van der Waals surface area contributed by atoms with Crippen molar-refractivity contribution >= 4 is 5.82 Å². The number of hydrogen-bond donors (Lipinski definition) is 6. The maximum absolute atomic E-state index is 11.2. The topological polar surface area (TPSA) is 145 Å². The number of hydrogen-bond acceptors (Lipinski definition) is 7. The van der Waals surface area contributed by atoms with Crippen LogP contribution in [0.2, 0.25) is 0 Å². The van der Waals surface area contributed by atoms with Crippen molar-refractivity contribution in [3.05, 3.63) is 71.7 Å². The number of benzene rings is 1. The van der Waals surface area contributed by atoms with Gasteiger partial charge in [-0.1, -0.05) is 44.6 Å². The van der Waals surface area contributed by atoms with Crippen LogP contribution in [0.15, 0.2) is 54.9 Å². The average molecular weight is 644 g/mol. The number of aromatic nitrogens is 2. The predicted octanol–water partition coefficient (Wildman–Crippen LogP) is 6.39. The number of phenols is 1. The van der Waals surface area contributed by atoms with E-state index in [1.807, 2.05) is 30.5 Å². The minimum atomic E-state index is -0.702. The first-order valence-electron chi connectivity index (χ1n) is 17.6. The fourth-order valence-corrected chi connectivity index (χ4v) is 7.94. The number of aliphatic hydroxyl groups is 3. The molecular formula is C39H53N3O5. The Balaban J connectivity index is 1.31. The summed E-state index contributed by atoms with van der Waals surface area (Å²) in [5.74, 6) is 7.46. The molecule has 1 aromatic carbocycles. The lowest BCUT2D eigenvalue weighted by atomic mass is 9.66. The van der Waals surface area contributed by atoms with Crippen LogP contribution in [0, 0.1) is 23.7 Å². The quantitative estimate of drug-likeness (QED) is 0.118. The highest BCUT2D eigenvalue weighted by atomic mass is 16.5. The molecule has 0 saturated heterocycles. The van der Waals surface area contributed by atoms with E-state index in [0.29, 0.717) is 49.6 Å². The van der Waals surface area contributed by atoms with Crippen LogP contribution in [-0.4, -0.2) is 55.3 Å². The van der Waals surface area contributed by atoms with Crippen LogP contribution in [0.1, 0.15) is 107 Å². The molecule has 0 unspecified atom stereocenters. The molecular weight excluding hydrogens is 590 g/mol. The van der Waals surface area contributed by atoms with Crippen LogP contribution in [0.25, 0.3) is 0 Å². The molecule has 3 aromatic rings. The van der Waals surface area contributed by atoms with E-state index in [0.717, 1.165) is 62.5 Å². The van der Waals surface area contributed by atoms with Crippen molar-refractivity contribution < 1.29 is 25.2 Å². The zero-order chi connectivity index (χ0) is 33.2. The highest BCUT2D eigenvalue weighted by Gasteiger charge is 2.45. The number of ether oxygens (including phenoxy) is 1. The molecule has 47 heavy (non-hydrogen) atoms. The largest absolute Gasteiger partial charge is 0.504 e. The van der Waals surface area contributed by atoms with Gasteiger partial charge in [-0.3, -0.25) is 0 Å². The highest BCUT2D eigenvalue weighted by Crippen LogP contribution is 2.52. The molecule has 6 atom stereocenters. The lowest BCUT2D eigenvalue weighted by Gasteiger charge is -2.39. The van der Waals surface area contributed by atoms with Gasteiger partial charge in [0.2, 0.25) is 0 Å². The number of aliphatic hydroxyl groups excluding tert-OH is 3. The normalized spacial score (nSPS) is 23.3. The van der Waals surface area contributed by atoms with Crippen molar-refractivity contribution in [1.82, 2.24) is 9.97 Å². The summed E-state index contributed by atoms with van der Waals surface area (Å²) in [6.45, 7) is 1.94. The van der Waals surface area contributed by atoms with Gasteiger partial charge in [0.15, 0.2) is 11.5 Å². The number of phenolic OH excluding ortho intramolecular Hbond substituents is 1. The van der Waals surface area contributed by atoms with Crippen molar-refractivity contribution in [1.29, 1.82) is 0 Å². The zero-order valence-electron chi connectivity index (χ0n) is 27.8. The molecule has 5 rings (SSSR count). The third-order valence-corrected chi connectivity index (χ3v) is 10.7. The molecule has 0 amide bonds. The average Bonchev–Trinajstić information content (AvgIpc) is 3.80. The van der Waals surface area contributed by atoms with E-state index in [2.05, 4.69) is 34.8 Å². The molecule has 1 fully saturated rings. The maximum Gasteiger partial charge on any atom is 0.161 e. The molecule has 8 heteroatoms. The van der Waals surface area contributed by atoms with Crippen LogP contribution < -0.4 is 10.5 Å².